The Hall–Kier alpha value is -3.60. The molecule has 0 amide bonds. The van der Waals surface area contributed by atoms with Gasteiger partial charge >= 0.3 is 5.97 Å². The van der Waals surface area contributed by atoms with Crippen LogP contribution in [0.15, 0.2) is 58.8 Å². The van der Waals surface area contributed by atoms with Crippen LogP contribution in [0.5, 0.6) is 0 Å². The van der Waals surface area contributed by atoms with Gasteiger partial charge in [0, 0.05) is 18.6 Å². The molecule has 0 aliphatic carbocycles. The van der Waals surface area contributed by atoms with Crippen molar-refractivity contribution in [2.75, 3.05) is 0 Å². The monoisotopic (exact) mass is 352 g/mol. The number of nitrogens with zero attached hydrogens (tertiary/aromatic N) is 4. The molecule has 0 saturated carbocycles. The summed E-state index contributed by atoms with van der Waals surface area (Å²) in [6.45, 7) is 1.74. The Morgan fingerprint density at radius 3 is 2.58 bits per heavy atom. The second-order valence-corrected chi connectivity index (χ2v) is 5.44. The first-order valence-corrected chi connectivity index (χ1v) is 7.80. The Balaban J connectivity index is 2.09. The maximum Gasteiger partial charge on any atom is 0.320 e. The van der Waals surface area contributed by atoms with E-state index in [9.17, 15) is 14.9 Å². The largest absolute Gasteiger partial charge is 0.462 e. The maximum atomic E-state index is 11.4. The van der Waals surface area contributed by atoms with Crippen LogP contribution in [-0.4, -0.2) is 17.0 Å². The number of carbonyl (C=O) groups excluding carboxylic acids is 1. The van der Waals surface area contributed by atoms with Crippen LogP contribution in [0.25, 0.3) is 0 Å². The van der Waals surface area contributed by atoms with Gasteiger partial charge in [0.2, 0.25) is 0 Å². The fourth-order valence-corrected chi connectivity index (χ4v) is 2.22. The van der Waals surface area contributed by atoms with E-state index in [0.717, 1.165) is 5.56 Å². The summed E-state index contributed by atoms with van der Waals surface area (Å²) in [4.78, 5) is 21.6. The molecule has 0 heterocycles. The van der Waals surface area contributed by atoms with Crippen molar-refractivity contribution in [3.63, 3.8) is 0 Å². The summed E-state index contributed by atoms with van der Waals surface area (Å²) in [5, 5.41) is 27.4. The van der Waals surface area contributed by atoms with Gasteiger partial charge in [0.15, 0.2) is 0 Å². The Morgan fingerprint density at radius 1 is 1.23 bits per heavy atom. The lowest BCUT2D eigenvalue weighted by Gasteiger charge is -2.13. The van der Waals surface area contributed by atoms with E-state index in [1.807, 2.05) is 12.1 Å². The SMILES string of the molecule is CC(Cc1ccccc1N=Nc1ccc([N+](=O)[O-])cc1)OC(=O)CC#N. The van der Waals surface area contributed by atoms with Crippen molar-refractivity contribution in [1.29, 1.82) is 5.26 Å². The Morgan fingerprint density at radius 2 is 1.92 bits per heavy atom. The van der Waals surface area contributed by atoms with Crippen LogP contribution < -0.4 is 0 Å². The zero-order chi connectivity index (χ0) is 18.9. The number of hydrogen-bond acceptors (Lipinski definition) is 7. The molecular weight excluding hydrogens is 336 g/mol. The van der Waals surface area contributed by atoms with Gasteiger partial charge in [0.05, 0.1) is 22.4 Å². The van der Waals surface area contributed by atoms with Gasteiger partial charge in [0.1, 0.15) is 12.5 Å². The van der Waals surface area contributed by atoms with Crippen LogP contribution in [0.1, 0.15) is 18.9 Å². The lowest BCUT2D eigenvalue weighted by Crippen LogP contribution is -2.16. The van der Waals surface area contributed by atoms with E-state index in [1.54, 1.807) is 25.1 Å². The fourth-order valence-electron chi connectivity index (χ4n) is 2.22. The van der Waals surface area contributed by atoms with Gasteiger partial charge in [-0.3, -0.25) is 14.9 Å². The summed E-state index contributed by atoms with van der Waals surface area (Å²) < 4.78 is 5.15. The van der Waals surface area contributed by atoms with Gasteiger partial charge in [-0.1, -0.05) is 18.2 Å². The highest BCUT2D eigenvalue weighted by atomic mass is 16.6. The summed E-state index contributed by atoms with van der Waals surface area (Å²) in [7, 11) is 0. The molecule has 0 aliphatic heterocycles. The van der Waals surface area contributed by atoms with Gasteiger partial charge in [-0.05, 0) is 30.7 Å². The average Bonchev–Trinajstić information content (AvgIpc) is 2.61. The van der Waals surface area contributed by atoms with Crippen LogP contribution in [0.2, 0.25) is 0 Å². The zero-order valence-electron chi connectivity index (χ0n) is 14.0. The molecule has 0 aliphatic rings. The third-order valence-corrected chi connectivity index (χ3v) is 3.39. The van der Waals surface area contributed by atoms with E-state index < -0.39 is 17.0 Å². The van der Waals surface area contributed by atoms with E-state index in [1.165, 1.54) is 24.3 Å². The van der Waals surface area contributed by atoms with Crippen LogP contribution in [-0.2, 0) is 16.0 Å². The van der Waals surface area contributed by atoms with Gasteiger partial charge < -0.3 is 4.74 Å². The number of non-ortho nitro benzene ring substituents is 1. The molecule has 0 radical (unpaired) electrons. The molecule has 8 heteroatoms. The van der Waals surface area contributed by atoms with Crippen LogP contribution >= 0.6 is 0 Å². The third-order valence-electron chi connectivity index (χ3n) is 3.39. The number of azo groups is 1. The molecule has 0 N–H and O–H groups in total. The van der Waals surface area contributed by atoms with Crippen molar-refractivity contribution in [1.82, 2.24) is 0 Å². The van der Waals surface area contributed by atoms with Gasteiger partial charge in [-0.15, -0.1) is 0 Å². The quantitative estimate of drug-likeness (QED) is 0.317. The van der Waals surface area contributed by atoms with Crippen molar-refractivity contribution in [3.05, 3.63) is 64.2 Å². The maximum absolute atomic E-state index is 11.4. The van der Waals surface area contributed by atoms with Crippen LogP contribution in [0.3, 0.4) is 0 Å². The van der Waals surface area contributed by atoms with Gasteiger partial charge in [-0.25, -0.2) is 0 Å². The topological polar surface area (TPSA) is 118 Å². The predicted molar refractivity (Wildman–Crippen MR) is 93.2 cm³/mol. The minimum Gasteiger partial charge on any atom is -0.462 e. The highest BCUT2D eigenvalue weighted by Crippen LogP contribution is 2.25. The van der Waals surface area contributed by atoms with Crippen molar-refractivity contribution < 1.29 is 14.5 Å². The molecule has 2 aromatic rings. The summed E-state index contributed by atoms with van der Waals surface area (Å²) in [6.07, 6.45) is -0.273. The van der Waals surface area contributed by atoms with Crippen molar-refractivity contribution >= 4 is 23.0 Å². The number of nitro benzene ring substituents is 1. The molecule has 2 aromatic carbocycles. The van der Waals surface area contributed by atoms with Crippen molar-refractivity contribution in [2.24, 2.45) is 10.2 Å². The first-order chi connectivity index (χ1) is 12.5. The molecule has 1 atom stereocenters. The molecule has 132 valence electrons. The zero-order valence-corrected chi connectivity index (χ0v) is 14.0. The average molecular weight is 352 g/mol. The number of carbonyl (C=O) groups is 1. The lowest BCUT2D eigenvalue weighted by molar-refractivity contribution is -0.384. The molecule has 0 fully saturated rings. The van der Waals surface area contributed by atoms with E-state index in [2.05, 4.69) is 10.2 Å². The summed E-state index contributed by atoms with van der Waals surface area (Å²) in [5.41, 5.74) is 1.90. The minimum absolute atomic E-state index is 0.0163. The summed E-state index contributed by atoms with van der Waals surface area (Å²) in [6, 6.07) is 14.7. The van der Waals surface area contributed by atoms with E-state index in [0.29, 0.717) is 17.8 Å². The standard InChI is InChI=1S/C18H16N4O4/c1-13(26-18(23)10-11-19)12-14-4-2-3-5-17(14)21-20-15-6-8-16(9-7-15)22(24)25/h2-9,13H,10,12H2,1H3. The molecule has 1 unspecified atom stereocenters. The number of nitro groups is 1. The second-order valence-electron chi connectivity index (χ2n) is 5.44. The predicted octanol–water partition coefficient (Wildman–Crippen LogP) is 4.40. The molecular formula is C18H16N4O4. The normalized spacial score (nSPS) is 11.7. The van der Waals surface area contributed by atoms with Crippen LogP contribution in [0, 0.1) is 21.4 Å². The lowest BCUT2D eigenvalue weighted by atomic mass is 10.1. The van der Waals surface area contributed by atoms with Crippen LogP contribution in [0.4, 0.5) is 17.1 Å². The highest BCUT2D eigenvalue weighted by molar-refractivity contribution is 5.72. The molecule has 0 spiro atoms. The molecule has 0 bridgehead atoms. The number of ether oxygens (including phenoxy) is 1. The Kier molecular flexibility index (Phi) is 6.51. The van der Waals surface area contributed by atoms with Gasteiger partial charge in [0.25, 0.3) is 5.69 Å². The number of rotatable bonds is 7. The van der Waals surface area contributed by atoms with E-state index >= 15 is 0 Å². The Labute approximate surface area is 149 Å². The molecule has 0 aromatic heterocycles. The number of hydrogen-bond donors (Lipinski definition) is 0. The smallest absolute Gasteiger partial charge is 0.320 e. The Bertz CT molecular complexity index is 856. The summed E-state index contributed by atoms with van der Waals surface area (Å²) in [5.74, 6) is -0.565. The molecule has 0 saturated heterocycles. The first kappa shape index (κ1) is 18.7. The van der Waals surface area contributed by atoms with Crippen molar-refractivity contribution in [2.45, 2.75) is 25.9 Å². The highest BCUT2D eigenvalue weighted by Gasteiger charge is 2.12. The van der Waals surface area contributed by atoms with E-state index in [4.69, 9.17) is 10.00 Å². The minimum atomic E-state index is -0.565. The van der Waals surface area contributed by atoms with E-state index in [-0.39, 0.29) is 12.1 Å². The fraction of sp³-hybridized carbons (Fsp3) is 0.222. The second kappa shape index (κ2) is 9.03. The third kappa shape index (κ3) is 5.49. The molecule has 8 nitrogen and oxygen atoms in total. The number of benzene rings is 2. The first-order valence-electron chi connectivity index (χ1n) is 7.80. The summed E-state index contributed by atoms with van der Waals surface area (Å²) >= 11 is 0. The van der Waals surface area contributed by atoms with Crippen molar-refractivity contribution in [3.8, 4) is 6.07 Å². The van der Waals surface area contributed by atoms with Gasteiger partial charge in [-0.2, -0.15) is 15.5 Å². The number of nitriles is 1. The molecule has 26 heavy (non-hydrogen) atoms. The molecule has 2 rings (SSSR count). The number of esters is 1.